The summed E-state index contributed by atoms with van der Waals surface area (Å²) in [6.07, 6.45) is 0.417. The van der Waals surface area contributed by atoms with Gasteiger partial charge in [0.2, 0.25) is 5.91 Å². The van der Waals surface area contributed by atoms with Crippen molar-refractivity contribution in [2.75, 3.05) is 39.3 Å². The van der Waals surface area contributed by atoms with Crippen molar-refractivity contribution in [3.63, 3.8) is 0 Å². The maximum Gasteiger partial charge on any atom is 0.224 e. The van der Waals surface area contributed by atoms with Gasteiger partial charge in [-0.25, -0.2) is 0 Å². The second kappa shape index (κ2) is 10.7. The van der Waals surface area contributed by atoms with Crippen LogP contribution in [0, 0.1) is 19.8 Å². The van der Waals surface area contributed by atoms with Crippen LogP contribution >= 0.6 is 0 Å². The van der Waals surface area contributed by atoms with Gasteiger partial charge in [-0.05, 0) is 25.3 Å². The summed E-state index contributed by atoms with van der Waals surface area (Å²) < 4.78 is 2.04. The van der Waals surface area contributed by atoms with Crippen LogP contribution in [0.2, 0.25) is 0 Å². The Hall–Kier alpha value is -2.18. The van der Waals surface area contributed by atoms with Gasteiger partial charge in [-0.2, -0.15) is 5.10 Å². The number of carbonyl (C=O) groups is 1. The van der Waals surface area contributed by atoms with Crippen LogP contribution < -0.4 is 5.32 Å². The minimum Gasteiger partial charge on any atom is -0.355 e. The Bertz CT molecular complexity index is 807. The van der Waals surface area contributed by atoms with E-state index in [1.54, 1.807) is 0 Å². The molecule has 1 aliphatic rings. The molecule has 1 aromatic heterocycles. The van der Waals surface area contributed by atoms with Gasteiger partial charge in [-0.15, -0.1) is 0 Å². The van der Waals surface area contributed by atoms with Crippen molar-refractivity contribution in [3.8, 4) is 0 Å². The quantitative estimate of drug-likeness (QED) is 0.689. The molecule has 1 amide bonds. The Kier molecular flexibility index (Phi) is 8.05. The molecule has 1 aromatic carbocycles. The van der Waals surface area contributed by atoms with Gasteiger partial charge in [0.15, 0.2) is 0 Å². The minimum absolute atomic E-state index is 0.0908. The zero-order valence-electron chi connectivity index (χ0n) is 19.0. The highest BCUT2D eigenvalue weighted by Crippen LogP contribution is 2.15. The summed E-state index contributed by atoms with van der Waals surface area (Å²) in [7, 11) is 0. The Balaban J connectivity index is 1.37. The van der Waals surface area contributed by atoms with Crippen LogP contribution in [-0.2, 0) is 24.3 Å². The van der Waals surface area contributed by atoms with E-state index >= 15 is 0 Å². The molecule has 2 heterocycles. The molecule has 1 fully saturated rings. The lowest BCUT2D eigenvalue weighted by molar-refractivity contribution is -0.120. The standard InChI is InChI=1S/C24H37N5O/c1-19(2)17-29-21(4)23(20(3)26-29)16-24(30)25-10-11-27-12-14-28(15-13-27)18-22-8-6-5-7-9-22/h5-9,19H,10-18H2,1-4H3,(H,25,30). The van der Waals surface area contributed by atoms with E-state index < -0.39 is 0 Å². The molecule has 0 saturated carbocycles. The van der Waals surface area contributed by atoms with E-state index in [4.69, 9.17) is 0 Å². The van der Waals surface area contributed by atoms with Gasteiger partial charge in [0.1, 0.15) is 0 Å². The first-order valence-electron chi connectivity index (χ1n) is 11.2. The highest BCUT2D eigenvalue weighted by Gasteiger charge is 2.18. The van der Waals surface area contributed by atoms with E-state index in [9.17, 15) is 4.79 Å². The maximum absolute atomic E-state index is 12.5. The van der Waals surface area contributed by atoms with Crippen molar-refractivity contribution in [2.24, 2.45) is 5.92 Å². The van der Waals surface area contributed by atoms with Gasteiger partial charge in [-0.3, -0.25) is 19.3 Å². The van der Waals surface area contributed by atoms with E-state index in [1.165, 1.54) is 5.56 Å². The van der Waals surface area contributed by atoms with E-state index in [0.717, 1.165) is 62.8 Å². The van der Waals surface area contributed by atoms with Gasteiger partial charge < -0.3 is 5.32 Å². The monoisotopic (exact) mass is 411 g/mol. The molecule has 0 bridgehead atoms. The zero-order valence-corrected chi connectivity index (χ0v) is 19.0. The summed E-state index contributed by atoms with van der Waals surface area (Å²) in [5.41, 5.74) is 4.53. The van der Waals surface area contributed by atoms with Crippen LogP contribution in [0.1, 0.15) is 36.4 Å². The Morgan fingerprint density at radius 3 is 2.40 bits per heavy atom. The zero-order chi connectivity index (χ0) is 21.5. The van der Waals surface area contributed by atoms with Crippen molar-refractivity contribution >= 4 is 5.91 Å². The second-order valence-electron chi connectivity index (χ2n) is 8.86. The normalized spacial score (nSPS) is 15.6. The number of rotatable bonds is 9. The smallest absolute Gasteiger partial charge is 0.224 e. The predicted molar refractivity (Wildman–Crippen MR) is 121 cm³/mol. The Morgan fingerprint density at radius 2 is 1.73 bits per heavy atom. The summed E-state index contributed by atoms with van der Waals surface area (Å²) in [6, 6.07) is 10.7. The molecular weight excluding hydrogens is 374 g/mol. The fourth-order valence-corrected chi connectivity index (χ4v) is 4.10. The molecule has 0 unspecified atom stereocenters. The molecule has 6 nitrogen and oxygen atoms in total. The number of amides is 1. The molecule has 3 rings (SSSR count). The van der Waals surface area contributed by atoms with E-state index in [-0.39, 0.29) is 5.91 Å². The summed E-state index contributed by atoms with van der Waals surface area (Å²) in [5.74, 6) is 0.630. The number of aryl methyl sites for hydroxylation is 1. The predicted octanol–water partition coefficient (Wildman–Crippen LogP) is 2.63. The van der Waals surface area contributed by atoms with Gasteiger partial charge in [-0.1, -0.05) is 44.2 Å². The van der Waals surface area contributed by atoms with Crippen LogP contribution in [0.15, 0.2) is 30.3 Å². The number of hydrogen-bond donors (Lipinski definition) is 1. The van der Waals surface area contributed by atoms with Gasteiger partial charge in [0.25, 0.3) is 0 Å². The fraction of sp³-hybridized carbons (Fsp3) is 0.583. The molecule has 1 N–H and O–H groups in total. The number of benzene rings is 1. The maximum atomic E-state index is 12.5. The number of aromatic nitrogens is 2. The van der Waals surface area contributed by atoms with Crippen LogP contribution in [-0.4, -0.2) is 64.8 Å². The first-order chi connectivity index (χ1) is 14.4. The number of nitrogens with one attached hydrogen (secondary N) is 1. The Morgan fingerprint density at radius 1 is 1.07 bits per heavy atom. The third-order valence-electron chi connectivity index (χ3n) is 5.87. The SMILES string of the molecule is Cc1nn(CC(C)C)c(C)c1CC(=O)NCCN1CCN(Cc2ccccc2)CC1. The van der Waals surface area contributed by atoms with Crippen molar-refractivity contribution in [3.05, 3.63) is 52.8 Å². The molecule has 2 aromatic rings. The van der Waals surface area contributed by atoms with Crippen molar-refractivity contribution in [2.45, 2.75) is 47.2 Å². The third-order valence-corrected chi connectivity index (χ3v) is 5.87. The largest absolute Gasteiger partial charge is 0.355 e. The van der Waals surface area contributed by atoms with Crippen molar-refractivity contribution in [1.29, 1.82) is 0 Å². The number of carbonyl (C=O) groups excluding carboxylic acids is 1. The topological polar surface area (TPSA) is 53.4 Å². The van der Waals surface area contributed by atoms with Crippen molar-refractivity contribution < 1.29 is 4.79 Å². The second-order valence-corrected chi connectivity index (χ2v) is 8.86. The van der Waals surface area contributed by atoms with Crippen molar-refractivity contribution in [1.82, 2.24) is 24.9 Å². The van der Waals surface area contributed by atoms with Crippen LogP contribution in [0.3, 0.4) is 0 Å². The average Bonchev–Trinajstić information content (AvgIpc) is 2.97. The van der Waals surface area contributed by atoms with Gasteiger partial charge in [0, 0.05) is 63.6 Å². The molecule has 0 aliphatic carbocycles. The Labute approximate surface area is 181 Å². The lowest BCUT2D eigenvalue weighted by Gasteiger charge is -2.34. The number of hydrogen-bond acceptors (Lipinski definition) is 4. The van der Waals surface area contributed by atoms with E-state index in [1.807, 2.05) is 11.6 Å². The highest BCUT2D eigenvalue weighted by atomic mass is 16.1. The lowest BCUT2D eigenvalue weighted by Crippen LogP contribution is -2.48. The van der Waals surface area contributed by atoms with Crippen LogP contribution in [0.25, 0.3) is 0 Å². The summed E-state index contributed by atoms with van der Waals surface area (Å²) >= 11 is 0. The van der Waals surface area contributed by atoms with Gasteiger partial charge >= 0.3 is 0 Å². The molecule has 6 heteroatoms. The highest BCUT2D eigenvalue weighted by molar-refractivity contribution is 5.79. The molecular formula is C24H37N5O. The molecule has 1 aliphatic heterocycles. The lowest BCUT2D eigenvalue weighted by atomic mass is 10.1. The van der Waals surface area contributed by atoms with Crippen LogP contribution in [0.4, 0.5) is 0 Å². The molecule has 164 valence electrons. The molecule has 0 radical (unpaired) electrons. The summed E-state index contributed by atoms with van der Waals surface area (Å²) in [4.78, 5) is 17.4. The van der Waals surface area contributed by atoms with Gasteiger partial charge in [0.05, 0.1) is 12.1 Å². The molecule has 0 atom stereocenters. The van der Waals surface area contributed by atoms with E-state index in [0.29, 0.717) is 18.9 Å². The first-order valence-corrected chi connectivity index (χ1v) is 11.2. The summed E-state index contributed by atoms with van der Waals surface area (Å²) in [6.45, 7) is 16.2. The average molecular weight is 412 g/mol. The molecule has 30 heavy (non-hydrogen) atoms. The molecule has 1 saturated heterocycles. The first kappa shape index (κ1) is 22.5. The number of piperazine rings is 1. The fourth-order valence-electron chi connectivity index (χ4n) is 4.10. The molecule has 0 spiro atoms. The summed E-state index contributed by atoms with van der Waals surface area (Å²) in [5, 5.41) is 7.72. The third kappa shape index (κ3) is 6.41. The van der Waals surface area contributed by atoms with Crippen LogP contribution in [0.5, 0.6) is 0 Å². The van der Waals surface area contributed by atoms with E-state index in [2.05, 4.69) is 71.3 Å². The minimum atomic E-state index is 0.0908. The number of nitrogens with zero attached hydrogens (tertiary/aromatic N) is 4.